The number of aliphatic hydroxyl groups is 1. The summed E-state index contributed by atoms with van der Waals surface area (Å²) in [5.41, 5.74) is 2.18. The van der Waals surface area contributed by atoms with E-state index in [9.17, 15) is 5.11 Å². The van der Waals surface area contributed by atoms with Crippen LogP contribution in [0.5, 0.6) is 11.5 Å². The van der Waals surface area contributed by atoms with Crippen molar-refractivity contribution in [2.45, 2.75) is 13.0 Å². The number of para-hydroxylation sites is 1. The predicted molar refractivity (Wildman–Crippen MR) is 99.0 cm³/mol. The number of nitrogens with zero attached hydrogens (tertiary/aromatic N) is 1. The van der Waals surface area contributed by atoms with Crippen molar-refractivity contribution in [3.8, 4) is 17.2 Å². The Kier molecular flexibility index (Phi) is 5.31. The van der Waals surface area contributed by atoms with Crippen LogP contribution >= 0.6 is 11.6 Å². The summed E-state index contributed by atoms with van der Waals surface area (Å²) in [5, 5.41) is 11.7. The first-order valence-electron chi connectivity index (χ1n) is 8.06. The summed E-state index contributed by atoms with van der Waals surface area (Å²) < 4.78 is 13.1. The number of methoxy groups -OCH3 is 1. The van der Waals surface area contributed by atoms with E-state index in [4.69, 9.17) is 21.1 Å². The van der Waals surface area contributed by atoms with Gasteiger partial charge in [0.1, 0.15) is 6.10 Å². The lowest BCUT2D eigenvalue weighted by Crippen LogP contribution is -2.08. The van der Waals surface area contributed by atoms with Crippen molar-refractivity contribution >= 4 is 11.6 Å². The second-order valence-corrected chi connectivity index (χ2v) is 5.94. The van der Waals surface area contributed by atoms with E-state index in [1.54, 1.807) is 13.2 Å². The number of hydrogen-bond acceptors (Lipinski definition) is 3. The largest absolute Gasteiger partial charge is 0.493 e. The summed E-state index contributed by atoms with van der Waals surface area (Å²) in [5.74, 6) is 1.13. The van der Waals surface area contributed by atoms with Crippen LogP contribution in [0.1, 0.15) is 24.2 Å². The third-order valence-electron chi connectivity index (χ3n) is 3.98. The van der Waals surface area contributed by atoms with Crippen molar-refractivity contribution in [2.24, 2.45) is 0 Å². The standard InChI is InChI=1S/C20H20ClNO3/c1-3-25-20-15(7-6-8-18(20)24-2)19(23)16-13-14(21)9-10-17(16)22-11-4-5-12-22/h4-13,19,23H,3H2,1-2H3. The molecule has 25 heavy (non-hydrogen) atoms. The Morgan fingerprint density at radius 3 is 2.52 bits per heavy atom. The topological polar surface area (TPSA) is 43.6 Å². The van der Waals surface area contributed by atoms with Gasteiger partial charge in [0, 0.05) is 28.5 Å². The highest BCUT2D eigenvalue weighted by Gasteiger charge is 2.22. The smallest absolute Gasteiger partial charge is 0.167 e. The van der Waals surface area contributed by atoms with Gasteiger partial charge >= 0.3 is 0 Å². The zero-order valence-corrected chi connectivity index (χ0v) is 14.9. The van der Waals surface area contributed by atoms with Gasteiger partial charge in [0.05, 0.1) is 19.4 Å². The summed E-state index contributed by atoms with van der Waals surface area (Å²) in [6.07, 6.45) is 2.94. The van der Waals surface area contributed by atoms with Crippen LogP contribution in [0.15, 0.2) is 60.9 Å². The minimum Gasteiger partial charge on any atom is -0.493 e. The Labute approximate surface area is 152 Å². The number of halogens is 1. The summed E-state index contributed by atoms with van der Waals surface area (Å²) in [4.78, 5) is 0. The van der Waals surface area contributed by atoms with E-state index in [1.165, 1.54) is 0 Å². The van der Waals surface area contributed by atoms with E-state index in [-0.39, 0.29) is 0 Å². The molecule has 0 bridgehead atoms. The quantitative estimate of drug-likeness (QED) is 0.700. The SMILES string of the molecule is CCOc1c(OC)cccc1C(O)c1cc(Cl)ccc1-n1cccc1. The molecular weight excluding hydrogens is 338 g/mol. The fourth-order valence-corrected chi connectivity index (χ4v) is 3.03. The highest BCUT2D eigenvalue weighted by Crippen LogP contribution is 2.39. The molecule has 130 valence electrons. The molecule has 0 aliphatic heterocycles. The molecule has 0 saturated heterocycles. The summed E-state index contributed by atoms with van der Waals surface area (Å²) in [6, 6.07) is 14.8. The van der Waals surface area contributed by atoms with E-state index in [0.717, 1.165) is 5.69 Å². The molecule has 0 fully saturated rings. The number of hydrogen-bond donors (Lipinski definition) is 1. The van der Waals surface area contributed by atoms with Gasteiger partial charge in [-0.25, -0.2) is 0 Å². The second-order valence-electron chi connectivity index (χ2n) is 5.51. The van der Waals surface area contributed by atoms with Crippen molar-refractivity contribution < 1.29 is 14.6 Å². The first-order valence-corrected chi connectivity index (χ1v) is 8.44. The molecule has 0 aliphatic carbocycles. The first-order chi connectivity index (χ1) is 12.2. The molecule has 1 aromatic heterocycles. The number of aromatic nitrogens is 1. The summed E-state index contributed by atoms with van der Waals surface area (Å²) in [6.45, 7) is 2.37. The van der Waals surface area contributed by atoms with Crippen LogP contribution in [-0.4, -0.2) is 23.4 Å². The number of aliphatic hydroxyl groups excluding tert-OH is 1. The Balaban J connectivity index is 2.13. The van der Waals surface area contributed by atoms with E-state index in [1.807, 2.05) is 66.3 Å². The zero-order chi connectivity index (χ0) is 17.8. The molecule has 1 atom stereocenters. The molecule has 2 aromatic carbocycles. The second kappa shape index (κ2) is 7.64. The minimum atomic E-state index is -0.909. The maximum atomic E-state index is 11.1. The predicted octanol–water partition coefficient (Wildman–Crippen LogP) is 4.62. The van der Waals surface area contributed by atoms with Crippen molar-refractivity contribution in [3.63, 3.8) is 0 Å². The monoisotopic (exact) mass is 357 g/mol. The van der Waals surface area contributed by atoms with Crippen LogP contribution in [0, 0.1) is 0 Å². The zero-order valence-electron chi connectivity index (χ0n) is 14.1. The molecular formula is C20H20ClNO3. The van der Waals surface area contributed by atoms with Gasteiger partial charge in [-0.05, 0) is 43.3 Å². The molecule has 0 spiro atoms. The van der Waals surface area contributed by atoms with E-state index < -0.39 is 6.10 Å². The fraction of sp³-hybridized carbons (Fsp3) is 0.200. The average molecular weight is 358 g/mol. The average Bonchev–Trinajstić information content (AvgIpc) is 3.16. The molecule has 0 aliphatic rings. The van der Waals surface area contributed by atoms with Gasteiger partial charge in [0.2, 0.25) is 0 Å². The van der Waals surface area contributed by atoms with Crippen molar-refractivity contribution in [3.05, 3.63) is 77.1 Å². The maximum absolute atomic E-state index is 11.1. The number of benzene rings is 2. The van der Waals surface area contributed by atoms with Crippen LogP contribution in [-0.2, 0) is 0 Å². The molecule has 5 heteroatoms. The first kappa shape index (κ1) is 17.4. The van der Waals surface area contributed by atoms with Gasteiger partial charge in [-0.2, -0.15) is 0 Å². The molecule has 0 amide bonds. The normalized spacial score (nSPS) is 12.0. The maximum Gasteiger partial charge on any atom is 0.167 e. The van der Waals surface area contributed by atoms with Gasteiger partial charge in [-0.3, -0.25) is 0 Å². The Morgan fingerprint density at radius 2 is 1.84 bits per heavy atom. The highest BCUT2D eigenvalue weighted by atomic mass is 35.5. The molecule has 0 radical (unpaired) electrons. The van der Waals surface area contributed by atoms with Crippen molar-refractivity contribution in [2.75, 3.05) is 13.7 Å². The number of ether oxygens (including phenoxy) is 2. The van der Waals surface area contributed by atoms with Crippen LogP contribution in [0.25, 0.3) is 5.69 Å². The van der Waals surface area contributed by atoms with Gasteiger partial charge < -0.3 is 19.1 Å². The number of rotatable bonds is 6. The van der Waals surface area contributed by atoms with Gasteiger partial charge in [0.15, 0.2) is 11.5 Å². The lowest BCUT2D eigenvalue weighted by molar-refractivity contribution is 0.209. The molecule has 4 nitrogen and oxygen atoms in total. The minimum absolute atomic E-state index is 0.472. The third kappa shape index (κ3) is 3.50. The van der Waals surface area contributed by atoms with Crippen molar-refractivity contribution in [1.29, 1.82) is 0 Å². The van der Waals surface area contributed by atoms with E-state index in [2.05, 4.69) is 0 Å². The van der Waals surface area contributed by atoms with Crippen molar-refractivity contribution in [1.82, 2.24) is 4.57 Å². The Bertz CT molecular complexity index is 846. The molecule has 3 aromatic rings. The highest BCUT2D eigenvalue weighted by molar-refractivity contribution is 6.30. The van der Waals surface area contributed by atoms with Gasteiger partial charge in [-0.1, -0.05) is 23.7 Å². The van der Waals surface area contributed by atoms with Gasteiger partial charge in [0.25, 0.3) is 0 Å². The van der Waals surface area contributed by atoms with Gasteiger partial charge in [-0.15, -0.1) is 0 Å². The van der Waals surface area contributed by atoms with E-state index >= 15 is 0 Å². The van der Waals surface area contributed by atoms with Crippen LogP contribution in [0.2, 0.25) is 5.02 Å². The Morgan fingerprint density at radius 1 is 1.08 bits per heavy atom. The van der Waals surface area contributed by atoms with Crippen LogP contribution < -0.4 is 9.47 Å². The molecule has 3 rings (SSSR count). The van der Waals surface area contributed by atoms with Crippen LogP contribution in [0.4, 0.5) is 0 Å². The fourth-order valence-electron chi connectivity index (χ4n) is 2.85. The lowest BCUT2D eigenvalue weighted by Gasteiger charge is -2.21. The molecule has 1 N–H and O–H groups in total. The van der Waals surface area contributed by atoms with E-state index in [0.29, 0.717) is 34.3 Å². The molecule has 1 heterocycles. The third-order valence-corrected chi connectivity index (χ3v) is 4.21. The molecule has 1 unspecified atom stereocenters. The van der Waals surface area contributed by atoms with Crippen LogP contribution in [0.3, 0.4) is 0 Å². The summed E-state index contributed by atoms with van der Waals surface area (Å²) in [7, 11) is 1.58. The Hall–Kier alpha value is -2.43. The molecule has 0 saturated carbocycles. The lowest BCUT2D eigenvalue weighted by atomic mass is 9.98. The summed E-state index contributed by atoms with van der Waals surface area (Å²) >= 11 is 6.19.